The van der Waals surface area contributed by atoms with E-state index < -0.39 is 15.9 Å². The maximum atomic E-state index is 12.9. The first kappa shape index (κ1) is 18.7. The van der Waals surface area contributed by atoms with E-state index in [1.165, 1.54) is 36.7 Å². The Morgan fingerprint density at radius 3 is 2.71 bits per heavy atom. The molecule has 0 unspecified atom stereocenters. The fraction of sp³-hybridized carbons (Fsp3) is 0.562. The van der Waals surface area contributed by atoms with E-state index >= 15 is 0 Å². The molecule has 0 spiro atoms. The number of ether oxygens (including phenoxy) is 1. The molecule has 1 aliphatic rings. The first-order chi connectivity index (χ1) is 11.3. The van der Waals surface area contributed by atoms with Gasteiger partial charge in [0.05, 0.1) is 17.6 Å². The number of methoxy groups -OCH3 is 1. The lowest BCUT2D eigenvalue weighted by Crippen LogP contribution is -2.32. The lowest BCUT2D eigenvalue weighted by molar-refractivity contribution is 0.0960. The Hall–Kier alpha value is -1.64. The number of rotatable bonds is 6. The maximum Gasteiger partial charge on any atom is 0.254 e. The van der Waals surface area contributed by atoms with Crippen LogP contribution in [0, 0.1) is 5.92 Å². The van der Waals surface area contributed by atoms with Gasteiger partial charge in [-0.05, 0) is 30.5 Å². The van der Waals surface area contributed by atoms with Gasteiger partial charge in [0, 0.05) is 26.2 Å². The molecule has 1 fully saturated rings. The minimum absolute atomic E-state index is 0.0752. The zero-order chi connectivity index (χ0) is 17.9. The van der Waals surface area contributed by atoms with Crippen LogP contribution >= 0.6 is 0 Å². The molecule has 134 valence electrons. The van der Waals surface area contributed by atoms with Gasteiger partial charge in [-0.1, -0.05) is 13.3 Å². The number of hydrogen-bond acceptors (Lipinski definition) is 5. The second-order valence-corrected chi connectivity index (χ2v) is 7.91. The van der Waals surface area contributed by atoms with Crippen molar-refractivity contribution in [2.45, 2.75) is 30.7 Å². The molecule has 0 saturated carbocycles. The van der Waals surface area contributed by atoms with E-state index in [2.05, 4.69) is 12.2 Å². The Balaban J connectivity index is 2.35. The summed E-state index contributed by atoms with van der Waals surface area (Å²) in [7, 11) is -0.775. The Bertz CT molecular complexity index is 705. The number of nitrogens with one attached hydrogen (secondary N) is 1. The topological polar surface area (TPSA) is 102 Å². The van der Waals surface area contributed by atoms with E-state index in [0.717, 1.165) is 12.8 Å². The Kier molecular flexibility index (Phi) is 5.84. The third-order valence-electron chi connectivity index (χ3n) is 4.40. The lowest BCUT2D eigenvalue weighted by Gasteiger charge is -2.17. The summed E-state index contributed by atoms with van der Waals surface area (Å²) in [5, 5.41) is 2.49. The Labute approximate surface area is 143 Å². The fourth-order valence-corrected chi connectivity index (χ4v) is 4.60. The number of benzene rings is 1. The van der Waals surface area contributed by atoms with E-state index in [0.29, 0.717) is 18.8 Å². The molecule has 1 saturated heterocycles. The molecule has 2 atom stereocenters. The van der Waals surface area contributed by atoms with Crippen LogP contribution in [-0.2, 0) is 10.0 Å². The second kappa shape index (κ2) is 7.50. The zero-order valence-electron chi connectivity index (χ0n) is 14.3. The average Bonchev–Trinajstić information content (AvgIpc) is 2.95. The number of nitrogens with two attached hydrogens (primary N) is 1. The highest BCUT2D eigenvalue weighted by molar-refractivity contribution is 7.89. The minimum atomic E-state index is -3.69. The largest absolute Gasteiger partial charge is 0.496 e. The van der Waals surface area contributed by atoms with Gasteiger partial charge < -0.3 is 15.8 Å². The van der Waals surface area contributed by atoms with Crippen LogP contribution in [0.25, 0.3) is 0 Å². The highest BCUT2D eigenvalue weighted by Gasteiger charge is 2.37. The van der Waals surface area contributed by atoms with E-state index in [1.807, 2.05) is 0 Å². The van der Waals surface area contributed by atoms with E-state index in [-0.39, 0.29) is 22.4 Å². The van der Waals surface area contributed by atoms with Gasteiger partial charge in [0.25, 0.3) is 5.91 Å². The van der Waals surface area contributed by atoms with Gasteiger partial charge >= 0.3 is 0 Å². The molecule has 1 aliphatic heterocycles. The zero-order valence-corrected chi connectivity index (χ0v) is 15.1. The van der Waals surface area contributed by atoms with Gasteiger partial charge in [0.2, 0.25) is 10.0 Å². The number of hydrogen-bond donors (Lipinski definition) is 2. The third-order valence-corrected chi connectivity index (χ3v) is 6.23. The summed E-state index contributed by atoms with van der Waals surface area (Å²) >= 11 is 0. The molecule has 24 heavy (non-hydrogen) atoms. The molecule has 0 aliphatic carbocycles. The van der Waals surface area contributed by atoms with Crippen molar-refractivity contribution in [1.82, 2.24) is 9.62 Å². The quantitative estimate of drug-likeness (QED) is 0.786. The second-order valence-electron chi connectivity index (χ2n) is 5.98. The van der Waals surface area contributed by atoms with Crippen molar-refractivity contribution in [3.05, 3.63) is 23.8 Å². The van der Waals surface area contributed by atoms with E-state index in [4.69, 9.17) is 10.5 Å². The lowest BCUT2D eigenvalue weighted by atomic mass is 9.99. The molecule has 1 aromatic carbocycles. The van der Waals surface area contributed by atoms with Crippen molar-refractivity contribution in [3.8, 4) is 5.75 Å². The van der Waals surface area contributed by atoms with Crippen molar-refractivity contribution >= 4 is 15.9 Å². The SMILES string of the molecule is CCC[C@@H]1CN(S(=O)(=O)c2ccc(OC)c(C(=O)NC)c2)C[C@H]1N. The number of amides is 1. The normalized spacial score (nSPS) is 21.7. The molecule has 7 nitrogen and oxygen atoms in total. The summed E-state index contributed by atoms with van der Waals surface area (Å²) < 4.78 is 32.3. The van der Waals surface area contributed by atoms with Gasteiger partial charge in [-0.3, -0.25) is 4.79 Å². The molecule has 2 rings (SSSR count). The van der Waals surface area contributed by atoms with Crippen molar-refractivity contribution in [3.63, 3.8) is 0 Å². The molecule has 3 N–H and O–H groups in total. The van der Waals surface area contributed by atoms with Crippen molar-refractivity contribution in [1.29, 1.82) is 0 Å². The van der Waals surface area contributed by atoms with E-state index in [9.17, 15) is 13.2 Å². The van der Waals surface area contributed by atoms with Crippen molar-refractivity contribution in [2.75, 3.05) is 27.2 Å². The van der Waals surface area contributed by atoms with Gasteiger partial charge in [0.1, 0.15) is 5.75 Å². The highest BCUT2D eigenvalue weighted by Crippen LogP contribution is 2.29. The summed E-state index contributed by atoms with van der Waals surface area (Å²) in [5.74, 6) is 0.0996. The summed E-state index contributed by atoms with van der Waals surface area (Å²) in [4.78, 5) is 12.0. The van der Waals surface area contributed by atoms with Crippen molar-refractivity contribution in [2.24, 2.45) is 11.7 Å². The molecule has 0 bridgehead atoms. The maximum absolute atomic E-state index is 12.9. The fourth-order valence-electron chi connectivity index (χ4n) is 3.04. The van der Waals surface area contributed by atoms with Crippen LogP contribution in [0.3, 0.4) is 0 Å². The third kappa shape index (κ3) is 3.55. The van der Waals surface area contributed by atoms with Crippen LogP contribution in [0.4, 0.5) is 0 Å². The molecule has 1 aromatic rings. The van der Waals surface area contributed by atoms with Gasteiger partial charge in [0.15, 0.2) is 0 Å². The van der Waals surface area contributed by atoms with Crippen LogP contribution in [0.15, 0.2) is 23.1 Å². The van der Waals surface area contributed by atoms with E-state index in [1.54, 1.807) is 0 Å². The monoisotopic (exact) mass is 355 g/mol. The Morgan fingerprint density at radius 1 is 1.42 bits per heavy atom. The predicted octanol–water partition coefficient (Wildman–Crippen LogP) is 0.803. The van der Waals surface area contributed by atoms with Crippen LogP contribution < -0.4 is 15.8 Å². The van der Waals surface area contributed by atoms with Gasteiger partial charge in [-0.15, -0.1) is 0 Å². The molecule has 0 radical (unpaired) electrons. The number of nitrogens with zero attached hydrogens (tertiary/aromatic N) is 1. The molecular weight excluding hydrogens is 330 g/mol. The van der Waals surface area contributed by atoms with Crippen LogP contribution in [0.2, 0.25) is 0 Å². The first-order valence-electron chi connectivity index (χ1n) is 8.01. The summed E-state index contributed by atoms with van der Waals surface area (Å²) in [6.07, 6.45) is 1.87. The Morgan fingerprint density at radius 2 is 2.12 bits per heavy atom. The number of sulfonamides is 1. The predicted molar refractivity (Wildman–Crippen MR) is 91.5 cm³/mol. The van der Waals surface area contributed by atoms with Gasteiger partial charge in [-0.2, -0.15) is 4.31 Å². The number of carbonyl (C=O) groups excluding carboxylic acids is 1. The van der Waals surface area contributed by atoms with Crippen LogP contribution in [0.1, 0.15) is 30.1 Å². The smallest absolute Gasteiger partial charge is 0.254 e. The summed E-state index contributed by atoms with van der Waals surface area (Å²) in [6.45, 7) is 2.77. The highest BCUT2D eigenvalue weighted by atomic mass is 32.2. The summed E-state index contributed by atoms with van der Waals surface area (Å²) in [5.41, 5.74) is 6.27. The molecular formula is C16H25N3O4S. The van der Waals surface area contributed by atoms with Crippen LogP contribution in [-0.4, -0.2) is 51.9 Å². The average molecular weight is 355 g/mol. The summed E-state index contributed by atoms with van der Waals surface area (Å²) in [6, 6.07) is 4.15. The van der Waals surface area contributed by atoms with Crippen LogP contribution in [0.5, 0.6) is 5.75 Å². The van der Waals surface area contributed by atoms with Crippen molar-refractivity contribution < 1.29 is 17.9 Å². The molecule has 8 heteroatoms. The standard InChI is InChI=1S/C16H25N3O4S/c1-4-5-11-9-19(10-14(11)17)24(21,22)12-6-7-15(23-3)13(8-12)16(20)18-2/h6-8,11,14H,4-5,9-10,17H2,1-3H3,(H,18,20)/t11-,14-/m1/s1. The molecule has 1 amide bonds. The molecule has 0 aromatic heterocycles. The first-order valence-corrected chi connectivity index (χ1v) is 9.45. The van der Waals surface area contributed by atoms with Gasteiger partial charge in [-0.25, -0.2) is 8.42 Å². The minimum Gasteiger partial charge on any atom is -0.496 e. The number of carbonyl (C=O) groups is 1. The molecule has 1 heterocycles.